The van der Waals surface area contributed by atoms with Crippen molar-refractivity contribution < 1.29 is 21.8 Å². The van der Waals surface area contributed by atoms with Gasteiger partial charge >= 0.3 is 16.0 Å². The van der Waals surface area contributed by atoms with E-state index in [1.165, 1.54) is 6.92 Å². The molecule has 0 saturated carbocycles. The molecule has 0 aliphatic carbocycles. The maximum absolute atomic E-state index is 14.2. The highest BCUT2D eigenvalue weighted by atomic mass is 35.5. The third-order valence-electron chi connectivity index (χ3n) is 3.22. The summed E-state index contributed by atoms with van der Waals surface area (Å²) in [6, 6.07) is 1.73. The maximum atomic E-state index is 14.2. The second-order valence-electron chi connectivity index (χ2n) is 4.84. The van der Waals surface area contributed by atoms with Crippen LogP contribution in [-0.4, -0.2) is 46.0 Å². The molecule has 1 heterocycles. The van der Waals surface area contributed by atoms with Gasteiger partial charge in [-0.3, -0.25) is 8.94 Å². The SMILES string of the molecule is CCN(c1cc(-n2nnn(CCCF)c2=O)c(F)cc1Cl)S(=O)(=O)O. The Labute approximate surface area is 146 Å². The monoisotopic (exact) mass is 397 g/mol. The van der Waals surface area contributed by atoms with Crippen molar-refractivity contribution in [3.05, 3.63) is 33.5 Å². The predicted molar refractivity (Wildman–Crippen MR) is 85.7 cm³/mol. The zero-order chi connectivity index (χ0) is 18.8. The molecule has 0 spiro atoms. The molecule has 1 aromatic heterocycles. The molecule has 2 aromatic rings. The zero-order valence-electron chi connectivity index (χ0n) is 12.9. The van der Waals surface area contributed by atoms with E-state index in [1.54, 1.807) is 0 Å². The van der Waals surface area contributed by atoms with Crippen molar-refractivity contribution >= 4 is 27.6 Å². The Balaban J connectivity index is 2.59. The summed E-state index contributed by atoms with van der Waals surface area (Å²) >= 11 is 5.85. The molecule has 0 atom stereocenters. The average Bonchev–Trinajstić information content (AvgIpc) is 2.87. The van der Waals surface area contributed by atoms with Crippen LogP contribution in [0.25, 0.3) is 5.69 Å². The minimum atomic E-state index is -4.66. The van der Waals surface area contributed by atoms with Crippen LogP contribution in [0.2, 0.25) is 5.02 Å². The first-order chi connectivity index (χ1) is 11.7. The fraction of sp³-hybridized carbons (Fsp3) is 0.417. The molecule has 0 unspecified atom stereocenters. The Hall–Kier alpha value is -2.05. The number of halogens is 3. The molecule has 0 aliphatic heterocycles. The molecule has 0 aliphatic rings. The van der Waals surface area contributed by atoms with E-state index in [-0.39, 0.29) is 30.2 Å². The number of benzene rings is 1. The van der Waals surface area contributed by atoms with Crippen molar-refractivity contribution in [1.29, 1.82) is 0 Å². The number of aryl methyl sites for hydroxylation is 1. The van der Waals surface area contributed by atoms with Crippen LogP contribution in [0.15, 0.2) is 16.9 Å². The summed E-state index contributed by atoms with van der Waals surface area (Å²) < 4.78 is 60.5. The summed E-state index contributed by atoms with van der Waals surface area (Å²) in [5, 5.41) is 6.71. The topological polar surface area (TPSA) is 110 Å². The van der Waals surface area contributed by atoms with Crippen LogP contribution in [0.4, 0.5) is 14.5 Å². The molecule has 0 amide bonds. The van der Waals surface area contributed by atoms with Gasteiger partial charge in [-0.1, -0.05) is 11.6 Å². The van der Waals surface area contributed by atoms with Crippen molar-refractivity contribution in [2.45, 2.75) is 19.9 Å². The van der Waals surface area contributed by atoms with Crippen molar-refractivity contribution in [2.24, 2.45) is 0 Å². The molecule has 25 heavy (non-hydrogen) atoms. The lowest BCUT2D eigenvalue weighted by atomic mass is 10.2. The van der Waals surface area contributed by atoms with E-state index in [1.807, 2.05) is 0 Å². The highest BCUT2D eigenvalue weighted by Crippen LogP contribution is 2.31. The Bertz CT molecular complexity index is 930. The second kappa shape index (κ2) is 7.45. The molecular weight excluding hydrogens is 384 g/mol. The number of anilines is 1. The van der Waals surface area contributed by atoms with Gasteiger partial charge in [0.1, 0.15) is 5.69 Å². The minimum Gasteiger partial charge on any atom is -0.269 e. The number of hydrogen-bond acceptors (Lipinski definition) is 5. The van der Waals surface area contributed by atoms with Crippen molar-refractivity contribution in [2.75, 3.05) is 17.5 Å². The highest BCUT2D eigenvalue weighted by Gasteiger charge is 2.24. The van der Waals surface area contributed by atoms with Crippen LogP contribution >= 0.6 is 11.6 Å². The highest BCUT2D eigenvalue weighted by molar-refractivity contribution is 7.87. The summed E-state index contributed by atoms with van der Waals surface area (Å²) in [6.07, 6.45) is 0.0271. The molecule has 138 valence electrons. The Morgan fingerprint density at radius 1 is 1.36 bits per heavy atom. The third kappa shape index (κ3) is 3.96. The van der Waals surface area contributed by atoms with Crippen molar-refractivity contribution in [3.8, 4) is 5.69 Å². The minimum absolute atomic E-state index is 0.0271. The van der Waals surface area contributed by atoms with Crippen molar-refractivity contribution in [1.82, 2.24) is 19.8 Å². The number of nitrogens with zero attached hydrogens (tertiary/aromatic N) is 5. The number of rotatable bonds is 7. The molecule has 0 radical (unpaired) electrons. The molecule has 0 bridgehead atoms. The molecule has 0 saturated heterocycles. The summed E-state index contributed by atoms with van der Waals surface area (Å²) in [5.41, 5.74) is -1.50. The standard InChI is InChI=1S/C12H14ClF2N5O4S/c1-2-19(25(22,23)24)10-7-11(9(15)6-8(10)13)20-12(21)18(16-17-20)5-3-4-14/h6-7H,2-5H2,1H3,(H,22,23,24). The normalized spacial score (nSPS) is 11.7. The molecule has 1 aromatic carbocycles. The van der Waals surface area contributed by atoms with Crippen LogP contribution in [0.1, 0.15) is 13.3 Å². The van der Waals surface area contributed by atoms with Gasteiger partial charge in [0, 0.05) is 6.54 Å². The zero-order valence-corrected chi connectivity index (χ0v) is 14.5. The quantitative estimate of drug-likeness (QED) is 0.703. The van der Waals surface area contributed by atoms with E-state index >= 15 is 0 Å². The van der Waals surface area contributed by atoms with Gasteiger partial charge in [-0.05, 0) is 35.9 Å². The molecule has 13 heteroatoms. The largest absolute Gasteiger partial charge is 0.368 e. The van der Waals surface area contributed by atoms with Gasteiger partial charge in [0.25, 0.3) is 0 Å². The Morgan fingerprint density at radius 2 is 2.04 bits per heavy atom. The van der Waals surface area contributed by atoms with Gasteiger partial charge in [-0.25, -0.2) is 13.5 Å². The first-order valence-corrected chi connectivity index (χ1v) is 8.81. The average molecular weight is 398 g/mol. The van der Waals surface area contributed by atoms with E-state index in [4.69, 9.17) is 11.6 Å². The number of aromatic nitrogens is 4. The van der Waals surface area contributed by atoms with E-state index in [0.29, 0.717) is 8.99 Å². The van der Waals surface area contributed by atoms with Crippen LogP contribution in [-0.2, 0) is 16.8 Å². The lowest BCUT2D eigenvalue weighted by molar-refractivity contribution is 0.427. The molecule has 0 fully saturated rings. The maximum Gasteiger partial charge on any atom is 0.368 e. The first-order valence-electron chi connectivity index (χ1n) is 7.04. The first kappa shape index (κ1) is 19.3. The summed E-state index contributed by atoms with van der Waals surface area (Å²) in [5.74, 6) is -0.959. The lowest BCUT2D eigenvalue weighted by Crippen LogP contribution is -2.31. The summed E-state index contributed by atoms with van der Waals surface area (Å²) in [4.78, 5) is 12.2. The van der Waals surface area contributed by atoms with E-state index < -0.39 is 34.2 Å². The van der Waals surface area contributed by atoms with Crippen LogP contribution < -0.4 is 9.99 Å². The molecule has 9 nitrogen and oxygen atoms in total. The van der Waals surface area contributed by atoms with Gasteiger partial charge in [0.05, 0.1) is 23.9 Å². The van der Waals surface area contributed by atoms with Crippen LogP contribution in [0.3, 0.4) is 0 Å². The van der Waals surface area contributed by atoms with Gasteiger partial charge in [-0.15, -0.1) is 0 Å². The Kier molecular flexibility index (Phi) is 5.75. The van der Waals surface area contributed by atoms with Gasteiger partial charge in [0.2, 0.25) is 0 Å². The number of alkyl halides is 1. The Morgan fingerprint density at radius 3 is 2.60 bits per heavy atom. The van der Waals surface area contributed by atoms with E-state index in [9.17, 15) is 26.5 Å². The van der Waals surface area contributed by atoms with Crippen LogP contribution in [0.5, 0.6) is 0 Å². The van der Waals surface area contributed by atoms with Gasteiger partial charge < -0.3 is 0 Å². The molecule has 2 rings (SSSR count). The van der Waals surface area contributed by atoms with Crippen LogP contribution in [0, 0.1) is 5.82 Å². The second-order valence-corrected chi connectivity index (χ2v) is 6.58. The van der Waals surface area contributed by atoms with E-state index in [0.717, 1.165) is 16.8 Å². The summed E-state index contributed by atoms with van der Waals surface area (Å²) in [7, 11) is -4.66. The smallest absolute Gasteiger partial charge is 0.269 e. The molecular formula is C12H14ClF2N5O4S. The molecule has 1 N–H and O–H groups in total. The predicted octanol–water partition coefficient (Wildman–Crippen LogP) is 1.21. The van der Waals surface area contributed by atoms with E-state index in [2.05, 4.69) is 10.4 Å². The number of hydrogen-bond donors (Lipinski definition) is 1. The lowest BCUT2D eigenvalue weighted by Gasteiger charge is -2.20. The number of tetrazole rings is 1. The van der Waals surface area contributed by atoms with Crippen molar-refractivity contribution in [3.63, 3.8) is 0 Å². The third-order valence-corrected chi connectivity index (χ3v) is 4.54. The fourth-order valence-electron chi connectivity index (χ4n) is 2.11. The van der Waals surface area contributed by atoms with Gasteiger partial charge in [-0.2, -0.15) is 17.8 Å². The van der Waals surface area contributed by atoms with Gasteiger partial charge in [0.15, 0.2) is 5.82 Å². The fourth-order valence-corrected chi connectivity index (χ4v) is 3.14. The summed E-state index contributed by atoms with van der Waals surface area (Å²) in [6.45, 7) is 0.510.